The van der Waals surface area contributed by atoms with E-state index < -0.39 is 0 Å². The fourth-order valence-electron chi connectivity index (χ4n) is 3.62. The van der Waals surface area contributed by atoms with Gasteiger partial charge in [0.25, 0.3) is 11.1 Å². The lowest BCUT2D eigenvalue weighted by Gasteiger charge is -2.33. The number of nitrogens with zero attached hydrogens (tertiary/aromatic N) is 2. The van der Waals surface area contributed by atoms with E-state index in [9.17, 15) is 9.59 Å². The number of rotatable bonds is 3. The Balaban J connectivity index is 2.09. The Morgan fingerprint density at radius 2 is 1.88 bits per heavy atom. The van der Waals surface area contributed by atoms with Gasteiger partial charge in [-0.05, 0) is 38.0 Å². The first-order valence-corrected chi connectivity index (χ1v) is 9.80. The maximum absolute atomic E-state index is 13.5. The standard InChI is InChI=1S/C20H22N2O3S/c1-4-20(3)11-14-15(12-25-20)26-17-16(14)18(23)22(21(5-2)19(17)24)13-9-7-6-8-10-13/h6-10H,4-5,11-12H2,1-3H3. The van der Waals surface area contributed by atoms with Crippen LogP contribution in [0.2, 0.25) is 0 Å². The van der Waals surface area contributed by atoms with E-state index in [-0.39, 0.29) is 16.7 Å². The topological polar surface area (TPSA) is 53.2 Å². The number of hydrogen-bond acceptors (Lipinski definition) is 4. The molecule has 5 nitrogen and oxygen atoms in total. The Hall–Kier alpha value is -2.18. The van der Waals surface area contributed by atoms with E-state index in [1.54, 1.807) is 0 Å². The Kier molecular flexibility index (Phi) is 4.12. The van der Waals surface area contributed by atoms with Crippen LogP contribution in [0.1, 0.15) is 37.6 Å². The van der Waals surface area contributed by atoms with E-state index in [0.29, 0.717) is 35.3 Å². The molecule has 0 aliphatic carbocycles. The molecular weight excluding hydrogens is 348 g/mol. The van der Waals surface area contributed by atoms with Crippen molar-refractivity contribution in [2.24, 2.45) is 0 Å². The largest absolute Gasteiger partial charge is 0.369 e. The Bertz CT molecular complexity index is 1090. The van der Waals surface area contributed by atoms with Crippen LogP contribution in [-0.2, 0) is 24.3 Å². The van der Waals surface area contributed by atoms with Crippen LogP contribution < -0.4 is 11.1 Å². The van der Waals surface area contributed by atoms with Crippen LogP contribution in [0.4, 0.5) is 0 Å². The zero-order chi connectivity index (χ0) is 18.5. The van der Waals surface area contributed by atoms with Gasteiger partial charge in [0.2, 0.25) is 0 Å². The van der Waals surface area contributed by atoms with E-state index >= 15 is 0 Å². The third-order valence-corrected chi connectivity index (χ3v) is 6.51. The van der Waals surface area contributed by atoms with Crippen molar-refractivity contribution in [3.8, 4) is 5.69 Å². The Morgan fingerprint density at radius 3 is 2.54 bits per heavy atom. The van der Waals surface area contributed by atoms with Gasteiger partial charge in [0, 0.05) is 17.8 Å². The summed E-state index contributed by atoms with van der Waals surface area (Å²) in [4.78, 5) is 27.6. The highest BCUT2D eigenvalue weighted by atomic mass is 32.1. The number of fused-ring (bicyclic) bond motifs is 3. The first-order valence-electron chi connectivity index (χ1n) is 8.99. The molecule has 4 rings (SSSR count). The zero-order valence-electron chi connectivity index (χ0n) is 15.2. The van der Waals surface area contributed by atoms with Crippen molar-refractivity contribution in [2.75, 3.05) is 0 Å². The molecule has 1 aliphatic heterocycles. The fraction of sp³-hybridized carbons (Fsp3) is 0.400. The molecule has 0 saturated heterocycles. The molecule has 0 radical (unpaired) electrons. The average Bonchev–Trinajstić information content (AvgIpc) is 3.04. The number of hydrogen-bond donors (Lipinski definition) is 0. The Labute approximate surface area is 155 Å². The number of para-hydroxylation sites is 1. The van der Waals surface area contributed by atoms with Crippen molar-refractivity contribution in [1.82, 2.24) is 9.36 Å². The highest BCUT2D eigenvalue weighted by Crippen LogP contribution is 2.37. The van der Waals surface area contributed by atoms with Crippen LogP contribution in [0.15, 0.2) is 39.9 Å². The molecule has 1 atom stereocenters. The molecule has 0 fully saturated rings. The SMILES string of the molecule is CCn1c(=O)c2sc3c(c2c(=O)n1-c1ccccc1)CC(C)(CC)OC3. The van der Waals surface area contributed by atoms with Crippen molar-refractivity contribution < 1.29 is 4.74 Å². The number of thiophene rings is 1. The zero-order valence-corrected chi connectivity index (χ0v) is 16.1. The minimum atomic E-state index is -0.287. The minimum Gasteiger partial charge on any atom is -0.369 e. The molecule has 3 heterocycles. The molecule has 0 bridgehead atoms. The summed E-state index contributed by atoms with van der Waals surface area (Å²) in [6, 6.07) is 9.37. The average molecular weight is 370 g/mol. The van der Waals surface area contributed by atoms with Gasteiger partial charge < -0.3 is 4.74 Å². The van der Waals surface area contributed by atoms with Gasteiger partial charge in [-0.3, -0.25) is 9.59 Å². The van der Waals surface area contributed by atoms with E-state index in [1.807, 2.05) is 37.3 Å². The van der Waals surface area contributed by atoms with Crippen molar-refractivity contribution in [3.05, 3.63) is 61.5 Å². The maximum atomic E-state index is 13.5. The van der Waals surface area contributed by atoms with Crippen LogP contribution in [0.3, 0.4) is 0 Å². The van der Waals surface area contributed by atoms with Gasteiger partial charge in [0.15, 0.2) is 0 Å². The third kappa shape index (κ3) is 2.47. The summed E-state index contributed by atoms with van der Waals surface area (Å²) < 4.78 is 9.62. The first-order chi connectivity index (χ1) is 12.5. The highest BCUT2D eigenvalue weighted by Gasteiger charge is 2.33. The highest BCUT2D eigenvalue weighted by molar-refractivity contribution is 7.19. The van der Waals surface area contributed by atoms with Gasteiger partial charge in [0.05, 0.1) is 23.3 Å². The summed E-state index contributed by atoms with van der Waals surface area (Å²) in [6.07, 6.45) is 1.53. The monoisotopic (exact) mass is 370 g/mol. The van der Waals surface area contributed by atoms with Gasteiger partial charge in [-0.2, -0.15) is 0 Å². The molecule has 3 aromatic rings. The lowest BCUT2D eigenvalue weighted by atomic mass is 9.90. The van der Waals surface area contributed by atoms with Crippen LogP contribution in [0, 0.1) is 0 Å². The van der Waals surface area contributed by atoms with E-state index in [0.717, 1.165) is 16.9 Å². The molecule has 0 amide bonds. The second-order valence-corrected chi connectivity index (χ2v) is 8.06. The number of aromatic nitrogens is 2. The quantitative estimate of drug-likeness (QED) is 0.709. The van der Waals surface area contributed by atoms with Crippen LogP contribution in [0.5, 0.6) is 0 Å². The molecule has 0 N–H and O–H groups in total. The van der Waals surface area contributed by atoms with Crippen molar-refractivity contribution in [1.29, 1.82) is 0 Å². The second-order valence-electron chi connectivity index (χ2n) is 6.95. The van der Waals surface area contributed by atoms with Crippen LogP contribution in [0.25, 0.3) is 15.8 Å². The van der Waals surface area contributed by atoms with E-state index in [1.165, 1.54) is 20.7 Å². The van der Waals surface area contributed by atoms with E-state index in [2.05, 4.69) is 13.8 Å². The molecule has 26 heavy (non-hydrogen) atoms. The summed E-state index contributed by atoms with van der Waals surface area (Å²) in [6.45, 7) is 6.95. The van der Waals surface area contributed by atoms with Crippen LogP contribution in [-0.4, -0.2) is 15.0 Å². The fourth-order valence-corrected chi connectivity index (χ4v) is 4.79. The molecule has 6 heteroatoms. The molecule has 2 aromatic heterocycles. The summed E-state index contributed by atoms with van der Waals surface area (Å²) in [5, 5.41) is 0.575. The molecule has 0 saturated carbocycles. The first kappa shape index (κ1) is 17.2. The van der Waals surface area contributed by atoms with Gasteiger partial charge in [-0.15, -0.1) is 11.3 Å². The second kappa shape index (κ2) is 6.21. The van der Waals surface area contributed by atoms with Gasteiger partial charge >= 0.3 is 0 Å². The normalized spacial score (nSPS) is 19.7. The summed E-state index contributed by atoms with van der Waals surface area (Å²) in [5.74, 6) is 0. The van der Waals surface area contributed by atoms with Gasteiger partial charge in [-0.25, -0.2) is 9.36 Å². The van der Waals surface area contributed by atoms with E-state index in [4.69, 9.17) is 4.74 Å². The maximum Gasteiger partial charge on any atom is 0.283 e. The third-order valence-electron chi connectivity index (χ3n) is 5.32. The van der Waals surface area contributed by atoms with Crippen molar-refractivity contribution in [2.45, 2.75) is 52.4 Å². The number of benzene rings is 1. The molecule has 136 valence electrons. The molecular formula is C20H22N2O3S. The molecule has 1 aliphatic rings. The molecule has 0 spiro atoms. The van der Waals surface area contributed by atoms with Crippen LogP contribution >= 0.6 is 11.3 Å². The predicted molar refractivity (Wildman–Crippen MR) is 105 cm³/mol. The van der Waals surface area contributed by atoms with Crippen molar-refractivity contribution >= 4 is 21.4 Å². The van der Waals surface area contributed by atoms with Crippen molar-refractivity contribution in [3.63, 3.8) is 0 Å². The summed E-state index contributed by atoms with van der Waals surface area (Å²) in [7, 11) is 0. The molecule has 1 aromatic carbocycles. The number of ether oxygens (including phenoxy) is 1. The Morgan fingerprint density at radius 1 is 1.15 bits per heavy atom. The minimum absolute atomic E-state index is 0.108. The lowest BCUT2D eigenvalue weighted by molar-refractivity contribution is -0.0543. The van der Waals surface area contributed by atoms with Gasteiger partial charge in [0.1, 0.15) is 4.70 Å². The molecule has 1 unspecified atom stereocenters. The summed E-state index contributed by atoms with van der Waals surface area (Å²) >= 11 is 1.41. The predicted octanol–water partition coefficient (Wildman–Crippen LogP) is 3.48. The smallest absolute Gasteiger partial charge is 0.283 e. The summed E-state index contributed by atoms with van der Waals surface area (Å²) in [5.41, 5.74) is 1.19. The lowest BCUT2D eigenvalue weighted by Crippen LogP contribution is -2.38. The van der Waals surface area contributed by atoms with Gasteiger partial charge in [-0.1, -0.05) is 25.1 Å².